The molecule has 2 fully saturated rings. The van der Waals surface area contributed by atoms with Gasteiger partial charge in [0.2, 0.25) is 22.1 Å². The van der Waals surface area contributed by atoms with Crippen LogP contribution in [-0.2, 0) is 9.59 Å². The third kappa shape index (κ3) is 3.63. The van der Waals surface area contributed by atoms with Crippen LogP contribution in [0.3, 0.4) is 0 Å². The zero-order valence-electron chi connectivity index (χ0n) is 13.7. The van der Waals surface area contributed by atoms with E-state index in [0.29, 0.717) is 35.7 Å². The van der Waals surface area contributed by atoms with Crippen LogP contribution in [0.2, 0.25) is 0 Å². The molecule has 23 heavy (non-hydrogen) atoms. The lowest BCUT2D eigenvalue weighted by Gasteiger charge is -2.31. The van der Waals surface area contributed by atoms with E-state index in [2.05, 4.69) is 17.1 Å². The van der Waals surface area contributed by atoms with Gasteiger partial charge in [0.1, 0.15) is 0 Å². The molecule has 2 aliphatic heterocycles. The van der Waals surface area contributed by atoms with Crippen molar-refractivity contribution in [3.05, 3.63) is 0 Å². The molecule has 126 valence electrons. The van der Waals surface area contributed by atoms with Crippen molar-refractivity contribution in [1.29, 1.82) is 0 Å². The molecule has 0 aromatic carbocycles. The monoisotopic (exact) mass is 337 g/mol. The van der Waals surface area contributed by atoms with Gasteiger partial charge in [-0.25, -0.2) is 0 Å². The molecule has 0 N–H and O–H groups in total. The molecule has 8 heteroatoms. The molecule has 0 saturated carbocycles. The molecule has 1 aromatic heterocycles. The largest absolute Gasteiger partial charge is 0.341 e. The maximum Gasteiger partial charge on any atom is 0.242 e. The van der Waals surface area contributed by atoms with Crippen LogP contribution in [0.25, 0.3) is 0 Å². The van der Waals surface area contributed by atoms with Crippen molar-refractivity contribution in [3.8, 4) is 0 Å². The fraction of sp³-hybridized carbons (Fsp3) is 0.733. The Morgan fingerprint density at radius 3 is 2.70 bits per heavy atom. The summed E-state index contributed by atoms with van der Waals surface area (Å²) in [6.07, 6.45) is 3.61. The van der Waals surface area contributed by atoms with Crippen molar-refractivity contribution < 1.29 is 9.59 Å². The van der Waals surface area contributed by atoms with E-state index in [1.54, 1.807) is 4.90 Å². The zero-order chi connectivity index (χ0) is 16.4. The number of piperidine rings is 1. The third-order valence-electron chi connectivity index (χ3n) is 4.54. The van der Waals surface area contributed by atoms with Gasteiger partial charge < -0.3 is 9.80 Å². The van der Waals surface area contributed by atoms with E-state index in [0.717, 1.165) is 32.4 Å². The van der Waals surface area contributed by atoms with E-state index < -0.39 is 0 Å². The summed E-state index contributed by atoms with van der Waals surface area (Å²) in [6.45, 7) is 4.93. The van der Waals surface area contributed by atoms with E-state index in [9.17, 15) is 9.59 Å². The van der Waals surface area contributed by atoms with E-state index in [-0.39, 0.29) is 11.8 Å². The van der Waals surface area contributed by atoms with Gasteiger partial charge >= 0.3 is 0 Å². The van der Waals surface area contributed by atoms with Crippen LogP contribution in [-0.4, -0.2) is 60.1 Å². The fourth-order valence-corrected chi connectivity index (χ4v) is 3.80. The molecule has 2 aliphatic rings. The van der Waals surface area contributed by atoms with Crippen LogP contribution in [0.4, 0.5) is 10.3 Å². The summed E-state index contributed by atoms with van der Waals surface area (Å²) in [5.41, 5.74) is 0. The van der Waals surface area contributed by atoms with Crippen molar-refractivity contribution in [1.82, 2.24) is 15.1 Å². The van der Waals surface area contributed by atoms with Gasteiger partial charge in [-0.3, -0.25) is 14.5 Å². The topological polar surface area (TPSA) is 69.6 Å². The quantitative estimate of drug-likeness (QED) is 0.830. The average Bonchev–Trinajstić information content (AvgIpc) is 3.16. The number of likely N-dealkylation sites (tertiary alicyclic amines) is 1. The van der Waals surface area contributed by atoms with Crippen molar-refractivity contribution >= 4 is 33.4 Å². The summed E-state index contributed by atoms with van der Waals surface area (Å²) < 4.78 is 0. The molecule has 2 amide bonds. The molecule has 0 spiro atoms. The first-order chi connectivity index (χ1) is 11.0. The molecule has 0 bridgehead atoms. The number of carbonyl (C=O) groups excluding carboxylic acids is 2. The Morgan fingerprint density at radius 2 is 2.04 bits per heavy atom. The summed E-state index contributed by atoms with van der Waals surface area (Å²) in [5, 5.41) is 9.55. The standard InChI is InChI=1S/C15H23N5O2S/c1-11-5-8-19(9-6-11)13(22)10-18(2)14-16-17-15(23-14)20-7-3-4-12(20)21/h11H,3-10H2,1-2H3. The van der Waals surface area contributed by atoms with Gasteiger partial charge in [-0.15, -0.1) is 10.2 Å². The van der Waals surface area contributed by atoms with E-state index >= 15 is 0 Å². The molecule has 1 aromatic rings. The minimum Gasteiger partial charge on any atom is -0.341 e. The second-order valence-corrected chi connectivity index (χ2v) is 7.37. The van der Waals surface area contributed by atoms with Crippen molar-refractivity contribution in [3.63, 3.8) is 0 Å². The molecular formula is C15H23N5O2S. The molecule has 0 aliphatic carbocycles. The Hall–Kier alpha value is -1.70. The SMILES string of the molecule is CC1CCN(C(=O)CN(C)c2nnc(N3CCCC3=O)s2)CC1. The van der Waals surface area contributed by atoms with Crippen LogP contribution >= 0.6 is 11.3 Å². The number of aromatic nitrogens is 2. The van der Waals surface area contributed by atoms with Gasteiger partial charge in [0.15, 0.2) is 0 Å². The van der Waals surface area contributed by atoms with Gasteiger partial charge in [-0.05, 0) is 25.2 Å². The van der Waals surface area contributed by atoms with Crippen LogP contribution in [0.5, 0.6) is 0 Å². The molecule has 3 heterocycles. The van der Waals surface area contributed by atoms with E-state index in [1.807, 2.05) is 16.8 Å². The highest BCUT2D eigenvalue weighted by molar-refractivity contribution is 7.19. The Bertz CT molecular complexity index is 582. The Morgan fingerprint density at radius 1 is 1.30 bits per heavy atom. The average molecular weight is 337 g/mol. The second kappa shape index (κ2) is 6.82. The molecule has 0 unspecified atom stereocenters. The maximum absolute atomic E-state index is 12.4. The highest BCUT2D eigenvalue weighted by Gasteiger charge is 2.26. The molecular weight excluding hydrogens is 314 g/mol. The minimum absolute atomic E-state index is 0.105. The highest BCUT2D eigenvalue weighted by Crippen LogP contribution is 2.29. The predicted octanol–water partition coefficient (Wildman–Crippen LogP) is 1.36. The maximum atomic E-state index is 12.4. The number of anilines is 2. The molecule has 0 radical (unpaired) electrons. The summed E-state index contributed by atoms with van der Waals surface area (Å²) in [7, 11) is 1.85. The summed E-state index contributed by atoms with van der Waals surface area (Å²) in [5.74, 6) is 0.947. The van der Waals surface area contributed by atoms with Crippen LogP contribution in [0, 0.1) is 5.92 Å². The van der Waals surface area contributed by atoms with Crippen LogP contribution in [0.15, 0.2) is 0 Å². The van der Waals surface area contributed by atoms with Crippen LogP contribution < -0.4 is 9.80 Å². The molecule has 2 saturated heterocycles. The third-order valence-corrected chi connectivity index (χ3v) is 5.60. The Labute approximate surface area is 140 Å². The lowest BCUT2D eigenvalue weighted by Crippen LogP contribution is -2.43. The zero-order valence-corrected chi connectivity index (χ0v) is 14.5. The number of carbonyl (C=O) groups is 2. The Balaban J connectivity index is 1.58. The molecule has 0 atom stereocenters. The lowest BCUT2D eigenvalue weighted by molar-refractivity contribution is -0.131. The number of likely N-dealkylation sites (N-methyl/N-ethyl adjacent to an activating group) is 1. The molecule has 7 nitrogen and oxygen atoms in total. The number of hydrogen-bond donors (Lipinski definition) is 0. The first-order valence-corrected chi connectivity index (χ1v) is 8.99. The second-order valence-electron chi connectivity index (χ2n) is 6.44. The fourth-order valence-electron chi connectivity index (χ4n) is 2.95. The van der Waals surface area contributed by atoms with Gasteiger partial charge in [0.05, 0.1) is 6.54 Å². The highest BCUT2D eigenvalue weighted by atomic mass is 32.1. The van der Waals surface area contributed by atoms with Gasteiger partial charge in [-0.1, -0.05) is 18.3 Å². The minimum atomic E-state index is 0.105. The summed E-state index contributed by atoms with van der Waals surface area (Å²) in [4.78, 5) is 29.6. The Kier molecular flexibility index (Phi) is 4.79. The number of nitrogens with zero attached hydrogens (tertiary/aromatic N) is 5. The van der Waals surface area contributed by atoms with Gasteiger partial charge in [-0.2, -0.15) is 0 Å². The summed E-state index contributed by atoms with van der Waals surface area (Å²) in [6, 6.07) is 0. The van der Waals surface area contributed by atoms with E-state index in [1.165, 1.54) is 11.3 Å². The normalized spacial score (nSPS) is 19.5. The number of rotatable bonds is 4. The van der Waals surface area contributed by atoms with Crippen molar-refractivity contribution in [2.24, 2.45) is 5.92 Å². The van der Waals surface area contributed by atoms with Crippen molar-refractivity contribution in [2.75, 3.05) is 43.0 Å². The predicted molar refractivity (Wildman–Crippen MR) is 89.7 cm³/mol. The van der Waals surface area contributed by atoms with E-state index in [4.69, 9.17) is 0 Å². The molecule has 3 rings (SSSR count). The smallest absolute Gasteiger partial charge is 0.242 e. The number of hydrogen-bond acceptors (Lipinski definition) is 6. The number of amides is 2. The van der Waals surface area contributed by atoms with Gasteiger partial charge in [0.25, 0.3) is 0 Å². The summed E-state index contributed by atoms with van der Waals surface area (Å²) >= 11 is 1.37. The van der Waals surface area contributed by atoms with Crippen molar-refractivity contribution in [2.45, 2.75) is 32.6 Å². The van der Waals surface area contributed by atoms with Gasteiger partial charge in [0, 0.05) is 33.1 Å². The first kappa shape index (κ1) is 16.2. The first-order valence-electron chi connectivity index (χ1n) is 8.17. The van der Waals surface area contributed by atoms with Crippen LogP contribution in [0.1, 0.15) is 32.6 Å². The lowest BCUT2D eigenvalue weighted by atomic mass is 9.99.